The van der Waals surface area contributed by atoms with Gasteiger partial charge in [0.25, 0.3) is 5.91 Å². The summed E-state index contributed by atoms with van der Waals surface area (Å²) in [4.78, 5) is 25.2. The number of nitrogens with one attached hydrogen (secondary N) is 1. The zero-order valence-corrected chi connectivity index (χ0v) is 19.0. The van der Waals surface area contributed by atoms with Gasteiger partial charge in [0, 0.05) is 6.08 Å². The van der Waals surface area contributed by atoms with Crippen LogP contribution in [0.5, 0.6) is 5.75 Å². The van der Waals surface area contributed by atoms with Gasteiger partial charge >= 0.3 is 5.69 Å². The molecule has 0 atom stereocenters. The molecule has 0 spiro atoms. The number of rotatable bonds is 7. The van der Waals surface area contributed by atoms with Gasteiger partial charge in [0.2, 0.25) is 0 Å². The standard InChI is InChI=1S/C22H21N5O5S/c1-4-31-19-8-6-5-7-18(19)26-21(28)17(23-22(26)33)11-15-9-10-16(32-15)12-25-14(3)20(27(29)30)13(2)24-25/h5-11H,4,12H2,1-3H3,(H,23,33)/b17-11+. The number of hydrogen-bond acceptors (Lipinski definition) is 7. The molecular weight excluding hydrogens is 446 g/mol. The fourth-order valence-electron chi connectivity index (χ4n) is 3.63. The van der Waals surface area contributed by atoms with Crippen molar-refractivity contribution in [2.45, 2.75) is 27.3 Å². The van der Waals surface area contributed by atoms with E-state index in [0.29, 0.717) is 41.0 Å². The molecule has 3 aromatic rings. The van der Waals surface area contributed by atoms with E-state index in [-0.39, 0.29) is 28.9 Å². The molecule has 3 heterocycles. The second-order valence-corrected chi connectivity index (χ2v) is 7.65. The van der Waals surface area contributed by atoms with Crippen molar-refractivity contribution in [3.63, 3.8) is 0 Å². The van der Waals surface area contributed by atoms with Gasteiger partial charge in [-0.05, 0) is 57.3 Å². The van der Waals surface area contributed by atoms with E-state index < -0.39 is 4.92 Å². The van der Waals surface area contributed by atoms with Crippen molar-refractivity contribution < 1.29 is 18.9 Å². The lowest BCUT2D eigenvalue weighted by Crippen LogP contribution is -2.30. The average molecular weight is 468 g/mol. The van der Waals surface area contributed by atoms with E-state index in [1.54, 1.807) is 50.3 Å². The highest BCUT2D eigenvalue weighted by Crippen LogP contribution is 2.32. The van der Waals surface area contributed by atoms with Crippen LogP contribution >= 0.6 is 12.2 Å². The zero-order chi connectivity index (χ0) is 23.7. The summed E-state index contributed by atoms with van der Waals surface area (Å²) in [5.41, 5.74) is 1.58. The lowest BCUT2D eigenvalue weighted by Gasteiger charge is -2.17. The number of aromatic nitrogens is 2. The summed E-state index contributed by atoms with van der Waals surface area (Å²) in [5.74, 6) is 1.19. The fourth-order valence-corrected chi connectivity index (χ4v) is 3.92. The number of anilines is 1. The molecule has 0 radical (unpaired) electrons. The number of carbonyl (C=O) groups is 1. The summed E-state index contributed by atoms with van der Waals surface area (Å²) in [5, 5.41) is 18.6. The Morgan fingerprint density at radius 1 is 1.27 bits per heavy atom. The van der Waals surface area contributed by atoms with Crippen molar-refractivity contribution in [1.82, 2.24) is 15.1 Å². The quantitative estimate of drug-likeness (QED) is 0.242. The minimum Gasteiger partial charge on any atom is -0.492 e. The molecule has 170 valence electrons. The first kappa shape index (κ1) is 22.2. The second kappa shape index (κ2) is 8.87. The fraction of sp³-hybridized carbons (Fsp3) is 0.227. The summed E-state index contributed by atoms with van der Waals surface area (Å²) in [6.07, 6.45) is 1.56. The smallest absolute Gasteiger partial charge is 0.312 e. The Balaban J connectivity index is 1.56. The molecule has 1 amide bonds. The number of amides is 1. The van der Waals surface area contributed by atoms with Crippen molar-refractivity contribution >= 4 is 40.7 Å². The molecule has 0 aliphatic carbocycles. The maximum atomic E-state index is 13.1. The molecule has 0 unspecified atom stereocenters. The second-order valence-electron chi connectivity index (χ2n) is 7.27. The van der Waals surface area contributed by atoms with Crippen LogP contribution in [0, 0.1) is 24.0 Å². The maximum Gasteiger partial charge on any atom is 0.312 e. The third-order valence-corrected chi connectivity index (χ3v) is 5.37. The molecule has 0 saturated carbocycles. The van der Waals surface area contributed by atoms with Gasteiger partial charge in [-0.15, -0.1) is 0 Å². The van der Waals surface area contributed by atoms with Crippen molar-refractivity contribution in [3.8, 4) is 5.75 Å². The number of carbonyl (C=O) groups excluding carboxylic acids is 1. The number of hydrogen-bond donors (Lipinski definition) is 1. The van der Waals surface area contributed by atoms with E-state index in [2.05, 4.69) is 10.4 Å². The molecule has 1 N–H and O–H groups in total. The first-order valence-electron chi connectivity index (χ1n) is 10.2. The Hall–Kier alpha value is -3.99. The van der Waals surface area contributed by atoms with Crippen LogP contribution < -0.4 is 15.0 Å². The number of ether oxygens (including phenoxy) is 1. The Kier molecular flexibility index (Phi) is 5.97. The Labute approximate surface area is 194 Å². The van der Waals surface area contributed by atoms with Gasteiger partial charge in [0.15, 0.2) is 5.11 Å². The third-order valence-electron chi connectivity index (χ3n) is 5.08. The van der Waals surface area contributed by atoms with Crippen LogP contribution in [0.25, 0.3) is 6.08 Å². The van der Waals surface area contributed by atoms with E-state index in [4.69, 9.17) is 21.4 Å². The molecule has 1 fully saturated rings. The maximum absolute atomic E-state index is 13.1. The molecule has 1 saturated heterocycles. The van der Waals surface area contributed by atoms with Gasteiger partial charge in [-0.1, -0.05) is 12.1 Å². The van der Waals surface area contributed by atoms with Crippen LogP contribution in [0.1, 0.15) is 29.8 Å². The summed E-state index contributed by atoms with van der Waals surface area (Å²) >= 11 is 5.38. The summed E-state index contributed by atoms with van der Waals surface area (Å²) in [6.45, 7) is 5.77. The van der Waals surface area contributed by atoms with Gasteiger partial charge in [0.1, 0.15) is 34.4 Å². The van der Waals surface area contributed by atoms with Crippen LogP contribution in [0.4, 0.5) is 11.4 Å². The van der Waals surface area contributed by atoms with Crippen LogP contribution in [-0.2, 0) is 11.3 Å². The number of nitrogens with zero attached hydrogens (tertiary/aromatic N) is 4. The number of furan rings is 1. The first-order chi connectivity index (χ1) is 15.8. The zero-order valence-electron chi connectivity index (χ0n) is 18.2. The molecular formula is C22H21N5O5S. The molecule has 33 heavy (non-hydrogen) atoms. The van der Waals surface area contributed by atoms with Gasteiger partial charge in [-0.2, -0.15) is 5.10 Å². The minimum atomic E-state index is -0.443. The SMILES string of the molecule is CCOc1ccccc1N1C(=O)/C(=C\c2ccc(Cn3nc(C)c([N+](=O)[O-])c3C)o2)NC1=S. The van der Waals surface area contributed by atoms with Gasteiger partial charge < -0.3 is 14.5 Å². The number of para-hydroxylation sites is 2. The Morgan fingerprint density at radius 2 is 2.03 bits per heavy atom. The van der Waals surface area contributed by atoms with Gasteiger partial charge in [0.05, 0.1) is 23.8 Å². The van der Waals surface area contributed by atoms with E-state index >= 15 is 0 Å². The molecule has 1 aromatic carbocycles. The topological polar surface area (TPSA) is 116 Å². The molecule has 10 nitrogen and oxygen atoms in total. The Morgan fingerprint density at radius 3 is 2.73 bits per heavy atom. The van der Waals surface area contributed by atoms with Crippen LogP contribution in [0.3, 0.4) is 0 Å². The highest BCUT2D eigenvalue weighted by molar-refractivity contribution is 7.80. The summed E-state index contributed by atoms with van der Waals surface area (Å²) in [6, 6.07) is 10.6. The van der Waals surface area contributed by atoms with Gasteiger partial charge in [-0.3, -0.25) is 19.6 Å². The predicted molar refractivity (Wildman–Crippen MR) is 125 cm³/mol. The number of benzene rings is 1. The largest absolute Gasteiger partial charge is 0.492 e. The van der Waals surface area contributed by atoms with E-state index in [1.165, 1.54) is 9.58 Å². The van der Waals surface area contributed by atoms with Gasteiger partial charge in [-0.25, -0.2) is 4.90 Å². The van der Waals surface area contributed by atoms with Crippen molar-refractivity contribution in [3.05, 3.63) is 75.1 Å². The van der Waals surface area contributed by atoms with E-state index in [1.807, 2.05) is 13.0 Å². The third kappa shape index (κ3) is 4.22. The molecule has 11 heteroatoms. The van der Waals surface area contributed by atoms with Crippen LogP contribution in [-0.4, -0.2) is 32.3 Å². The number of thiocarbonyl (C=S) groups is 1. The lowest BCUT2D eigenvalue weighted by molar-refractivity contribution is -0.386. The highest BCUT2D eigenvalue weighted by atomic mass is 32.1. The van der Waals surface area contributed by atoms with Crippen molar-refractivity contribution in [1.29, 1.82) is 0 Å². The van der Waals surface area contributed by atoms with Crippen LogP contribution in [0.15, 0.2) is 46.5 Å². The average Bonchev–Trinajstić information content (AvgIpc) is 3.40. The lowest BCUT2D eigenvalue weighted by atomic mass is 10.2. The molecule has 2 aromatic heterocycles. The molecule has 1 aliphatic heterocycles. The van der Waals surface area contributed by atoms with E-state index in [0.717, 1.165) is 0 Å². The number of aryl methyl sites for hydroxylation is 1. The molecule has 4 rings (SSSR count). The van der Waals surface area contributed by atoms with Crippen LogP contribution in [0.2, 0.25) is 0 Å². The summed E-state index contributed by atoms with van der Waals surface area (Å²) in [7, 11) is 0. The van der Waals surface area contributed by atoms with Crippen molar-refractivity contribution in [2.75, 3.05) is 11.5 Å². The van der Waals surface area contributed by atoms with Crippen molar-refractivity contribution in [2.24, 2.45) is 0 Å². The molecule has 0 bridgehead atoms. The minimum absolute atomic E-state index is 0.00872. The van der Waals surface area contributed by atoms with E-state index in [9.17, 15) is 14.9 Å². The molecule has 1 aliphatic rings. The normalized spacial score (nSPS) is 14.8. The summed E-state index contributed by atoms with van der Waals surface area (Å²) < 4.78 is 13.0. The highest BCUT2D eigenvalue weighted by Gasteiger charge is 2.34. The Bertz CT molecular complexity index is 1290. The number of nitro groups is 1. The predicted octanol–water partition coefficient (Wildman–Crippen LogP) is 3.71. The first-order valence-corrected chi connectivity index (χ1v) is 10.6. The monoisotopic (exact) mass is 467 g/mol.